The number of nitro groups is 1. The fourth-order valence-corrected chi connectivity index (χ4v) is 4.43. The molecule has 3 aromatic carbocycles. The Labute approximate surface area is 184 Å². The topological polar surface area (TPSA) is 68.0 Å². The number of nitro benzene ring substituents is 1. The third-order valence-corrected chi connectivity index (χ3v) is 6.08. The molecule has 0 amide bonds. The number of halogens is 1. The van der Waals surface area contributed by atoms with Gasteiger partial charge >= 0.3 is 0 Å². The van der Waals surface area contributed by atoms with E-state index in [2.05, 4.69) is 32.0 Å². The molecule has 6 nitrogen and oxygen atoms in total. The molecule has 2 aliphatic rings. The Bertz CT molecular complexity index is 1220. The van der Waals surface area contributed by atoms with Gasteiger partial charge in [0.2, 0.25) is 6.23 Å². The second-order valence-electron chi connectivity index (χ2n) is 7.97. The van der Waals surface area contributed by atoms with Crippen LogP contribution in [0.25, 0.3) is 0 Å². The molecule has 7 heteroatoms. The normalized spacial score (nSPS) is 19.3. The molecule has 2 aliphatic heterocycles. The highest BCUT2D eigenvalue weighted by atomic mass is 35.5. The maximum Gasteiger partial charge on any atom is 0.269 e. The second-order valence-corrected chi connectivity index (χ2v) is 8.40. The summed E-state index contributed by atoms with van der Waals surface area (Å²) < 4.78 is 6.32. The number of rotatable bonds is 3. The minimum Gasteiger partial charge on any atom is -0.464 e. The Morgan fingerprint density at radius 3 is 2.61 bits per heavy atom. The molecular formula is C24H20ClN3O3. The number of aryl methyl sites for hydroxylation is 2. The first-order valence-electron chi connectivity index (χ1n) is 10.0. The SMILES string of the molecule is Cc1ccc(C)c(C2=NN3[C@H](C2)c2cc(Cl)ccc2O[C@@H]3c2ccc([N+](=O)[O-])cc2)c1. The summed E-state index contributed by atoms with van der Waals surface area (Å²) in [5.41, 5.74) is 6.32. The average molecular weight is 434 g/mol. The fraction of sp³-hybridized carbons (Fsp3) is 0.208. The number of hydrogen-bond donors (Lipinski definition) is 0. The minimum absolute atomic E-state index is 0.0300. The molecule has 0 radical (unpaired) electrons. The van der Waals surface area contributed by atoms with E-state index in [1.807, 2.05) is 23.2 Å². The summed E-state index contributed by atoms with van der Waals surface area (Å²) in [4.78, 5) is 10.7. The predicted molar refractivity (Wildman–Crippen MR) is 120 cm³/mol. The van der Waals surface area contributed by atoms with Crippen LogP contribution in [0.15, 0.2) is 65.8 Å². The average Bonchev–Trinajstić information content (AvgIpc) is 3.20. The molecule has 3 aromatic rings. The van der Waals surface area contributed by atoms with Gasteiger partial charge in [0.15, 0.2) is 0 Å². The fourth-order valence-electron chi connectivity index (χ4n) is 4.25. The van der Waals surface area contributed by atoms with Crippen LogP contribution in [-0.4, -0.2) is 15.6 Å². The maximum atomic E-state index is 11.1. The highest BCUT2D eigenvalue weighted by Crippen LogP contribution is 2.48. The summed E-state index contributed by atoms with van der Waals surface area (Å²) in [6.07, 6.45) is 0.242. The first-order valence-corrected chi connectivity index (χ1v) is 10.4. The molecule has 156 valence electrons. The Morgan fingerprint density at radius 1 is 1.10 bits per heavy atom. The van der Waals surface area contributed by atoms with E-state index in [0.717, 1.165) is 34.6 Å². The van der Waals surface area contributed by atoms with Crippen molar-refractivity contribution in [2.75, 3.05) is 0 Å². The Hall–Kier alpha value is -3.38. The lowest BCUT2D eigenvalue weighted by Crippen LogP contribution is -2.33. The zero-order valence-electron chi connectivity index (χ0n) is 17.1. The van der Waals surface area contributed by atoms with Crippen molar-refractivity contribution in [3.8, 4) is 5.75 Å². The van der Waals surface area contributed by atoms with Crippen molar-refractivity contribution >= 4 is 23.0 Å². The van der Waals surface area contributed by atoms with Gasteiger partial charge in [-0.15, -0.1) is 0 Å². The maximum absolute atomic E-state index is 11.1. The van der Waals surface area contributed by atoms with Crippen LogP contribution < -0.4 is 4.74 Å². The molecular weight excluding hydrogens is 414 g/mol. The largest absolute Gasteiger partial charge is 0.464 e. The van der Waals surface area contributed by atoms with Crippen LogP contribution in [0.1, 0.15) is 46.5 Å². The van der Waals surface area contributed by atoms with Gasteiger partial charge in [-0.25, -0.2) is 5.01 Å². The predicted octanol–water partition coefficient (Wildman–Crippen LogP) is 6.11. The summed E-state index contributed by atoms with van der Waals surface area (Å²) in [5, 5.41) is 18.6. The van der Waals surface area contributed by atoms with Crippen LogP contribution in [-0.2, 0) is 0 Å². The van der Waals surface area contributed by atoms with E-state index in [4.69, 9.17) is 21.4 Å². The van der Waals surface area contributed by atoms with E-state index in [1.165, 1.54) is 23.3 Å². The van der Waals surface area contributed by atoms with Gasteiger partial charge < -0.3 is 4.74 Å². The van der Waals surface area contributed by atoms with E-state index in [9.17, 15) is 10.1 Å². The van der Waals surface area contributed by atoms with Crippen molar-refractivity contribution in [1.29, 1.82) is 0 Å². The number of hydrogen-bond acceptors (Lipinski definition) is 5. The van der Waals surface area contributed by atoms with E-state index in [1.54, 1.807) is 12.1 Å². The molecule has 0 saturated carbocycles. The molecule has 31 heavy (non-hydrogen) atoms. The van der Waals surface area contributed by atoms with Gasteiger partial charge in [0.05, 0.1) is 16.7 Å². The van der Waals surface area contributed by atoms with E-state index in [-0.39, 0.29) is 11.7 Å². The first kappa shape index (κ1) is 19.6. The highest BCUT2D eigenvalue weighted by Gasteiger charge is 2.41. The summed E-state index contributed by atoms with van der Waals surface area (Å²) in [6.45, 7) is 4.16. The highest BCUT2D eigenvalue weighted by molar-refractivity contribution is 6.30. The molecule has 0 N–H and O–H groups in total. The van der Waals surface area contributed by atoms with Gasteiger partial charge in [0.25, 0.3) is 5.69 Å². The number of ether oxygens (including phenoxy) is 1. The first-order chi connectivity index (χ1) is 14.9. The second kappa shape index (κ2) is 7.39. The van der Waals surface area contributed by atoms with Gasteiger partial charge in [-0.1, -0.05) is 29.3 Å². The van der Waals surface area contributed by atoms with E-state index in [0.29, 0.717) is 5.02 Å². The molecule has 0 aromatic heterocycles. The van der Waals surface area contributed by atoms with Crippen molar-refractivity contribution in [3.05, 3.63) is 104 Å². The molecule has 0 aliphatic carbocycles. The third-order valence-electron chi connectivity index (χ3n) is 5.84. The van der Waals surface area contributed by atoms with Crippen molar-refractivity contribution < 1.29 is 9.66 Å². The third kappa shape index (κ3) is 3.43. The summed E-state index contributed by atoms with van der Waals surface area (Å²) in [7, 11) is 0. The zero-order chi connectivity index (χ0) is 21.7. The molecule has 2 heterocycles. The Morgan fingerprint density at radius 2 is 1.87 bits per heavy atom. The molecule has 0 fully saturated rings. The van der Waals surface area contributed by atoms with Crippen molar-refractivity contribution in [2.45, 2.75) is 32.5 Å². The molecule has 0 spiro atoms. The quantitative estimate of drug-likeness (QED) is 0.369. The lowest BCUT2D eigenvalue weighted by molar-refractivity contribution is -0.384. The van der Waals surface area contributed by atoms with Gasteiger partial charge in [0.1, 0.15) is 5.75 Å². The monoisotopic (exact) mass is 433 g/mol. The van der Waals surface area contributed by atoms with Crippen LogP contribution in [0.4, 0.5) is 5.69 Å². The van der Waals surface area contributed by atoms with Gasteiger partial charge in [0, 0.05) is 40.3 Å². The van der Waals surface area contributed by atoms with Crippen LogP contribution in [0.3, 0.4) is 0 Å². The van der Waals surface area contributed by atoms with Gasteiger partial charge in [-0.3, -0.25) is 10.1 Å². The van der Waals surface area contributed by atoms with E-state index < -0.39 is 11.2 Å². The van der Waals surface area contributed by atoms with Crippen LogP contribution in [0.5, 0.6) is 5.75 Å². The Kier molecular flexibility index (Phi) is 4.67. The molecule has 0 saturated heterocycles. The number of nitrogens with zero attached hydrogens (tertiary/aromatic N) is 3. The van der Waals surface area contributed by atoms with Crippen molar-refractivity contribution in [1.82, 2.24) is 5.01 Å². The van der Waals surface area contributed by atoms with E-state index >= 15 is 0 Å². The standard InChI is InChI=1S/C24H20ClN3O3/c1-14-3-4-15(2)19(11-14)21-13-22-20-12-17(25)7-10-23(20)31-24(27(22)26-21)16-5-8-18(9-6-16)28(29)30/h3-12,22,24H,13H2,1-2H3/t22-,24-/m1/s1. The van der Waals surface area contributed by atoms with Crippen molar-refractivity contribution in [3.63, 3.8) is 0 Å². The van der Waals surface area contributed by atoms with Crippen LogP contribution >= 0.6 is 11.6 Å². The molecule has 5 rings (SSSR count). The molecule has 2 atom stereocenters. The smallest absolute Gasteiger partial charge is 0.269 e. The zero-order valence-corrected chi connectivity index (χ0v) is 17.8. The van der Waals surface area contributed by atoms with Gasteiger partial charge in [-0.05, 0) is 55.8 Å². The number of hydrazone groups is 1. The summed E-state index contributed by atoms with van der Waals surface area (Å²) >= 11 is 6.29. The lowest BCUT2D eigenvalue weighted by Gasteiger charge is -2.38. The lowest BCUT2D eigenvalue weighted by atomic mass is 9.93. The Balaban J connectivity index is 1.60. The number of fused-ring (bicyclic) bond motifs is 3. The number of benzene rings is 3. The van der Waals surface area contributed by atoms with Crippen LogP contribution in [0, 0.1) is 24.0 Å². The number of non-ortho nitro benzene ring substituents is 1. The van der Waals surface area contributed by atoms with Crippen molar-refractivity contribution in [2.24, 2.45) is 5.10 Å². The van der Waals surface area contributed by atoms with Gasteiger partial charge in [-0.2, -0.15) is 5.10 Å². The minimum atomic E-state index is -0.484. The molecule has 0 bridgehead atoms. The molecule has 0 unspecified atom stereocenters. The summed E-state index contributed by atoms with van der Waals surface area (Å²) in [5.74, 6) is 0.756. The summed E-state index contributed by atoms with van der Waals surface area (Å²) in [6, 6.07) is 18.4. The van der Waals surface area contributed by atoms with Crippen LogP contribution in [0.2, 0.25) is 5.02 Å².